The third kappa shape index (κ3) is 3.11. The molecule has 0 aliphatic heterocycles. The van der Waals surface area contributed by atoms with Crippen LogP contribution in [0.25, 0.3) is 0 Å². The molecule has 0 aromatic carbocycles. The smallest absolute Gasteiger partial charge is 0.550 e. The number of carbonyl (C=O) groups is 2. The number of carboxylic acids is 2. The van der Waals surface area contributed by atoms with Crippen molar-refractivity contribution in [1.29, 1.82) is 0 Å². The van der Waals surface area contributed by atoms with E-state index in [0.717, 1.165) is 6.42 Å². The van der Waals surface area contributed by atoms with Crippen LogP contribution in [0.15, 0.2) is 0 Å². The van der Waals surface area contributed by atoms with E-state index < -0.39 is 23.3 Å². The second kappa shape index (κ2) is 6.64. The predicted molar refractivity (Wildman–Crippen MR) is 37.9 cm³/mol. The summed E-state index contributed by atoms with van der Waals surface area (Å²) in [6.45, 7) is 0. The Balaban J connectivity index is 0.000000980. The van der Waals surface area contributed by atoms with E-state index in [1.807, 2.05) is 0 Å². The van der Waals surface area contributed by atoms with Gasteiger partial charge in [-0.05, 0) is 31.6 Å². The molecule has 0 aromatic heterocycles. The van der Waals surface area contributed by atoms with Crippen molar-refractivity contribution in [3.05, 3.63) is 0 Å². The molecule has 4 nitrogen and oxygen atoms in total. The second-order valence-electron chi connectivity index (χ2n) is 4.16. The zero-order valence-corrected chi connectivity index (χ0v) is 18.9. The van der Waals surface area contributed by atoms with Gasteiger partial charge in [-0.15, -0.1) is 0 Å². The average molecular weight is 353 g/mol. The number of hydrogen-bond donors (Lipinski definition) is 0. The molecule has 6 heteroatoms. The maximum absolute atomic E-state index is 10.9. The zero-order valence-electron chi connectivity index (χ0n) is 9.12. The van der Waals surface area contributed by atoms with Gasteiger partial charge in [0, 0.05) is 23.3 Å². The Morgan fingerprint density at radius 1 is 1.20 bits per heavy atom. The van der Waals surface area contributed by atoms with Crippen LogP contribution in [0.1, 0.15) is 25.7 Å². The molecule has 3 unspecified atom stereocenters. The maximum Gasteiger partial charge on any atom is 1.00 e. The van der Waals surface area contributed by atoms with Crippen LogP contribution in [-0.4, -0.2) is 11.9 Å². The quantitative estimate of drug-likeness (QED) is 0.494. The Bertz CT molecular complexity index is 281. The molecule has 2 aliphatic rings. The fraction of sp³-hybridized carbons (Fsp3) is 0.778. The molecule has 72 valence electrons. The van der Waals surface area contributed by atoms with Crippen molar-refractivity contribution < 1.29 is 136 Å². The summed E-state index contributed by atoms with van der Waals surface area (Å²) in [5, 5.41) is 21.6. The summed E-state index contributed by atoms with van der Waals surface area (Å²) in [5.41, 5.74) is -1.11. The van der Waals surface area contributed by atoms with E-state index in [4.69, 9.17) is 0 Å². The van der Waals surface area contributed by atoms with Crippen molar-refractivity contribution in [3.8, 4) is 0 Å². The molecule has 3 atom stereocenters. The van der Waals surface area contributed by atoms with Crippen LogP contribution in [-0.2, 0) is 9.59 Å². The number of carboxylic acid groups (broad SMARTS) is 2. The minimum absolute atomic E-state index is 0. The number of carbonyl (C=O) groups excluding carboxylic acids is 2. The van der Waals surface area contributed by atoms with E-state index in [0.29, 0.717) is 19.3 Å². The molecule has 0 spiro atoms. The van der Waals surface area contributed by atoms with Crippen LogP contribution in [0.3, 0.4) is 0 Å². The molecule has 15 heavy (non-hydrogen) atoms. The van der Waals surface area contributed by atoms with Crippen molar-refractivity contribution in [3.63, 3.8) is 0 Å². The fourth-order valence-corrected chi connectivity index (χ4v) is 2.91. The maximum atomic E-state index is 10.9. The number of fused-ring (bicyclic) bond motifs is 2. The normalized spacial score (nSPS) is 36.5. The van der Waals surface area contributed by atoms with Crippen LogP contribution >= 0.6 is 0 Å². The monoisotopic (exact) mass is 352 g/mol. The summed E-state index contributed by atoms with van der Waals surface area (Å²) in [5.74, 6) is -3.01. The first-order chi connectivity index (χ1) is 6.06. The zero-order chi connectivity index (χ0) is 9.64. The van der Waals surface area contributed by atoms with E-state index in [1.54, 1.807) is 0 Å². The molecule has 0 aromatic rings. The number of hydrogen-bond acceptors (Lipinski definition) is 4. The summed E-state index contributed by atoms with van der Waals surface area (Å²) < 4.78 is 0. The van der Waals surface area contributed by atoms with Gasteiger partial charge in [0.2, 0.25) is 0 Å². The van der Waals surface area contributed by atoms with E-state index in [9.17, 15) is 19.8 Å². The van der Waals surface area contributed by atoms with Crippen LogP contribution in [0, 0.1) is 17.3 Å². The molecule has 0 radical (unpaired) electrons. The first kappa shape index (κ1) is 17.6. The van der Waals surface area contributed by atoms with E-state index in [-0.39, 0.29) is 122 Å². The molecule has 2 bridgehead atoms. The molecular weight excluding hydrogens is 343 g/mol. The Kier molecular flexibility index (Phi) is 7.77. The topological polar surface area (TPSA) is 80.3 Å². The van der Waals surface area contributed by atoms with Crippen molar-refractivity contribution in [2.24, 2.45) is 17.3 Å². The SMILES string of the molecule is O=C([O-])C1CC2CCC1(C(=O)[O-])C2.[Rb+].[Rb+]. The van der Waals surface area contributed by atoms with Crippen molar-refractivity contribution in [2.45, 2.75) is 25.7 Å². The largest absolute Gasteiger partial charge is 1.00 e. The molecule has 0 N–H and O–H groups in total. The molecule has 0 saturated heterocycles. The molecule has 2 aliphatic carbocycles. The van der Waals surface area contributed by atoms with Crippen LogP contribution < -0.4 is 127 Å². The third-order valence-electron chi connectivity index (χ3n) is 3.58. The van der Waals surface area contributed by atoms with Crippen LogP contribution in [0.4, 0.5) is 0 Å². The van der Waals surface area contributed by atoms with Crippen molar-refractivity contribution >= 4 is 11.9 Å². The summed E-state index contributed by atoms with van der Waals surface area (Å²) in [6, 6.07) is 0. The third-order valence-corrected chi connectivity index (χ3v) is 3.58. The first-order valence-corrected chi connectivity index (χ1v) is 4.48. The summed E-state index contributed by atoms with van der Waals surface area (Å²) >= 11 is 0. The van der Waals surface area contributed by atoms with E-state index >= 15 is 0 Å². The number of aliphatic carboxylic acids is 2. The first-order valence-electron chi connectivity index (χ1n) is 4.48. The van der Waals surface area contributed by atoms with Crippen LogP contribution in [0.2, 0.25) is 0 Å². The minimum Gasteiger partial charge on any atom is -0.550 e. The Hall–Kier alpha value is 2.55. The van der Waals surface area contributed by atoms with E-state index in [2.05, 4.69) is 0 Å². The minimum atomic E-state index is -1.23. The molecule has 0 amide bonds. The van der Waals surface area contributed by atoms with Crippen molar-refractivity contribution in [2.75, 3.05) is 0 Å². The second-order valence-corrected chi connectivity index (χ2v) is 4.16. The fourth-order valence-electron chi connectivity index (χ4n) is 2.91. The van der Waals surface area contributed by atoms with Gasteiger partial charge in [0.25, 0.3) is 0 Å². The Labute approximate surface area is 186 Å². The summed E-state index contributed by atoms with van der Waals surface area (Å²) in [7, 11) is 0. The summed E-state index contributed by atoms with van der Waals surface area (Å²) in [4.78, 5) is 21.6. The molecule has 2 rings (SSSR count). The van der Waals surface area contributed by atoms with E-state index in [1.165, 1.54) is 0 Å². The van der Waals surface area contributed by atoms with Gasteiger partial charge in [0.1, 0.15) is 0 Å². The van der Waals surface area contributed by atoms with Gasteiger partial charge >= 0.3 is 116 Å². The Morgan fingerprint density at radius 3 is 2.13 bits per heavy atom. The van der Waals surface area contributed by atoms with Gasteiger partial charge in [-0.25, -0.2) is 0 Å². The average Bonchev–Trinajstić information content (AvgIpc) is 2.60. The molecule has 2 fully saturated rings. The summed E-state index contributed by atoms with van der Waals surface area (Å²) in [6.07, 6.45) is 2.18. The number of rotatable bonds is 2. The van der Waals surface area contributed by atoms with Gasteiger partial charge < -0.3 is 19.8 Å². The molecular formula is C9H10O4Rb2. The van der Waals surface area contributed by atoms with Crippen molar-refractivity contribution in [1.82, 2.24) is 0 Å². The van der Waals surface area contributed by atoms with Gasteiger partial charge in [0.05, 0.1) is 0 Å². The van der Waals surface area contributed by atoms with Crippen LogP contribution in [0.5, 0.6) is 0 Å². The predicted octanol–water partition coefficient (Wildman–Crippen LogP) is -7.70. The Morgan fingerprint density at radius 2 is 1.80 bits per heavy atom. The standard InChI is InChI=1S/C9H12O4.2Rb/c10-7(11)6-3-5-1-2-9(6,4-5)8(12)13;;/h5-6H,1-4H2,(H,10,11)(H,12,13);;/q;2*+1/p-2. The van der Waals surface area contributed by atoms with Gasteiger partial charge in [-0.3, -0.25) is 0 Å². The molecule has 2 saturated carbocycles. The van der Waals surface area contributed by atoms with Gasteiger partial charge in [-0.2, -0.15) is 0 Å². The molecule has 0 heterocycles. The van der Waals surface area contributed by atoms with Gasteiger partial charge in [-0.1, -0.05) is 0 Å². The van der Waals surface area contributed by atoms with Gasteiger partial charge in [0.15, 0.2) is 0 Å².